The average molecular weight is 307 g/mol. The Morgan fingerprint density at radius 1 is 1.13 bits per heavy atom. The van der Waals surface area contributed by atoms with E-state index < -0.39 is 0 Å². The smallest absolute Gasteiger partial charge is 0.287 e. The summed E-state index contributed by atoms with van der Waals surface area (Å²) in [7, 11) is 0. The second-order valence-corrected chi connectivity index (χ2v) is 6.00. The third kappa shape index (κ3) is 3.62. The first-order chi connectivity index (χ1) is 11.1. The molecule has 0 fully saturated rings. The fraction of sp³-hybridized carbons (Fsp3) is 0.250. The predicted octanol–water partition coefficient (Wildman–Crippen LogP) is 4.49. The van der Waals surface area contributed by atoms with Crippen molar-refractivity contribution in [3.63, 3.8) is 0 Å². The SMILES string of the molecule is Cc1cccc2cc(C(=O)N[C@H](C)CCc3ccccc3)oc12. The monoisotopic (exact) mass is 307 g/mol. The molecule has 2 aromatic carbocycles. The molecular weight excluding hydrogens is 286 g/mol. The molecule has 3 nitrogen and oxygen atoms in total. The number of benzene rings is 2. The van der Waals surface area contributed by atoms with Crippen molar-refractivity contribution in [2.75, 3.05) is 0 Å². The molecule has 3 rings (SSSR count). The molecule has 118 valence electrons. The quantitative estimate of drug-likeness (QED) is 0.754. The Labute approximate surface area is 136 Å². The number of nitrogens with one attached hydrogen (secondary N) is 1. The summed E-state index contributed by atoms with van der Waals surface area (Å²) in [6.45, 7) is 4.00. The van der Waals surface area contributed by atoms with Crippen LogP contribution >= 0.6 is 0 Å². The fourth-order valence-corrected chi connectivity index (χ4v) is 2.72. The molecule has 0 saturated heterocycles. The van der Waals surface area contributed by atoms with E-state index in [1.807, 2.05) is 56.3 Å². The second kappa shape index (κ2) is 6.69. The minimum atomic E-state index is -0.152. The highest BCUT2D eigenvalue weighted by atomic mass is 16.3. The van der Waals surface area contributed by atoms with Gasteiger partial charge in [0.1, 0.15) is 5.58 Å². The molecule has 0 bridgehead atoms. The van der Waals surface area contributed by atoms with Gasteiger partial charge in [-0.25, -0.2) is 0 Å². The van der Waals surface area contributed by atoms with Gasteiger partial charge in [-0.2, -0.15) is 0 Å². The van der Waals surface area contributed by atoms with Crippen molar-refractivity contribution in [3.05, 3.63) is 71.5 Å². The molecule has 23 heavy (non-hydrogen) atoms. The van der Waals surface area contributed by atoms with Gasteiger partial charge in [-0.05, 0) is 43.9 Å². The van der Waals surface area contributed by atoms with Crippen LogP contribution in [-0.4, -0.2) is 11.9 Å². The van der Waals surface area contributed by atoms with Gasteiger partial charge in [0.2, 0.25) is 0 Å². The molecule has 0 aliphatic heterocycles. The molecule has 0 aliphatic rings. The van der Waals surface area contributed by atoms with Gasteiger partial charge in [0, 0.05) is 11.4 Å². The fourth-order valence-electron chi connectivity index (χ4n) is 2.72. The van der Waals surface area contributed by atoms with E-state index in [0.717, 1.165) is 29.4 Å². The van der Waals surface area contributed by atoms with E-state index in [1.165, 1.54) is 5.56 Å². The Bertz CT molecular complexity index is 805. The van der Waals surface area contributed by atoms with Gasteiger partial charge in [-0.3, -0.25) is 4.79 Å². The van der Waals surface area contributed by atoms with E-state index in [2.05, 4.69) is 17.4 Å². The molecule has 0 aliphatic carbocycles. The number of fused-ring (bicyclic) bond motifs is 1. The van der Waals surface area contributed by atoms with Crippen molar-refractivity contribution in [2.45, 2.75) is 32.7 Å². The highest BCUT2D eigenvalue weighted by Gasteiger charge is 2.15. The zero-order valence-corrected chi connectivity index (χ0v) is 13.5. The van der Waals surface area contributed by atoms with Crippen molar-refractivity contribution in [2.24, 2.45) is 0 Å². The lowest BCUT2D eigenvalue weighted by Crippen LogP contribution is -2.32. The molecule has 3 aromatic rings. The van der Waals surface area contributed by atoms with Gasteiger partial charge in [0.25, 0.3) is 5.91 Å². The Morgan fingerprint density at radius 2 is 1.91 bits per heavy atom. The Balaban J connectivity index is 1.62. The molecule has 0 unspecified atom stereocenters. The van der Waals surface area contributed by atoms with Gasteiger partial charge in [-0.15, -0.1) is 0 Å². The molecule has 0 saturated carbocycles. The van der Waals surface area contributed by atoms with Crippen LogP contribution in [0.4, 0.5) is 0 Å². The van der Waals surface area contributed by atoms with E-state index >= 15 is 0 Å². The summed E-state index contributed by atoms with van der Waals surface area (Å²) in [5.74, 6) is 0.224. The number of aryl methyl sites for hydroxylation is 2. The number of furan rings is 1. The van der Waals surface area contributed by atoms with Crippen LogP contribution in [0.5, 0.6) is 0 Å². The van der Waals surface area contributed by atoms with Crippen LogP contribution in [0.15, 0.2) is 59.0 Å². The van der Waals surface area contributed by atoms with Crippen molar-refractivity contribution < 1.29 is 9.21 Å². The number of hydrogen-bond donors (Lipinski definition) is 1. The van der Waals surface area contributed by atoms with Gasteiger partial charge in [0.05, 0.1) is 0 Å². The van der Waals surface area contributed by atoms with Gasteiger partial charge >= 0.3 is 0 Å². The molecule has 1 aromatic heterocycles. The van der Waals surface area contributed by atoms with E-state index in [9.17, 15) is 4.79 Å². The summed E-state index contributed by atoms with van der Waals surface area (Å²) >= 11 is 0. The van der Waals surface area contributed by atoms with Gasteiger partial charge in [-0.1, -0.05) is 48.5 Å². The second-order valence-electron chi connectivity index (χ2n) is 6.00. The molecule has 1 amide bonds. The first-order valence-corrected chi connectivity index (χ1v) is 7.97. The number of carbonyl (C=O) groups excluding carboxylic acids is 1. The van der Waals surface area contributed by atoms with Crippen LogP contribution in [0.3, 0.4) is 0 Å². The van der Waals surface area contributed by atoms with Crippen LogP contribution in [-0.2, 0) is 6.42 Å². The summed E-state index contributed by atoms with van der Waals surface area (Å²) < 4.78 is 5.71. The molecule has 1 atom stereocenters. The zero-order valence-electron chi connectivity index (χ0n) is 13.5. The third-order valence-electron chi connectivity index (χ3n) is 4.05. The number of amides is 1. The Morgan fingerprint density at radius 3 is 2.65 bits per heavy atom. The predicted molar refractivity (Wildman–Crippen MR) is 92.6 cm³/mol. The van der Waals surface area contributed by atoms with E-state index in [1.54, 1.807) is 0 Å². The maximum Gasteiger partial charge on any atom is 0.287 e. The van der Waals surface area contributed by atoms with E-state index in [-0.39, 0.29) is 11.9 Å². The largest absolute Gasteiger partial charge is 0.451 e. The summed E-state index contributed by atoms with van der Waals surface area (Å²) in [5, 5.41) is 3.98. The van der Waals surface area contributed by atoms with Crippen LogP contribution in [0.2, 0.25) is 0 Å². The van der Waals surface area contributed by atoms with Crippen LogP contribution in [0.25, 0.3) is 11.0 Å². The summed E-state index contributed by atoms with van der Waals surface area (Å²) in [6, 6.07) is 18.1. The minimum absolute atomic E-state index is 0.0945. The lowest BCUT2D eigenvalue weighted by atomic mass is 10.1. The number of hydrogen-bond acceptors (Lipinski definition) is 2. The average Bonchev–Trinajstić information content (AvgIpc) is 3.00. The van der Waals surface area contributed by atoms with Crippen molar-refractivity contribution in [3.8, 4) is 0 Å². The van der Waals surface area contributed by atoms with E-state index in [4.69, 9.17) is 4.42 Å². The molecule has 0 radical (unpaired) electrons. The van der Waals surface area contributed by atoms with Crippen LogP contribution in [0.1, 0.15) is 35.0 Å². The molecular formula is C20H21NO2. The van der Waals surface area contributed by atoms with Crippen LogP contribution in [0, 0.1) is 6.92 Å². The van der Waals surface area contributed by atoms with Crippen LogP contribution < -0.4 is 5.32 Å². The summed E-state index contributed by atoms with van der Waals surface area (Å²) in [4.78, 5) is 12.3. The highest BCUT2D eigenvalue weighted by molar-refractivity contribution is 5.96. The number of rotatable bonds is 5. The summed E-state index contributed by atoms with van der Waals surface area (Å²) in [5.41, 5.74) is 3.11. The molecule has 1 heterocycles. The first-order valence-electron chi connectivity index (χ1n) is 7.97. The van der Waals surface area contributed by atoms with Crippen molar-refractivity contribution in [1.29, 1.82) is 0 Å². The highest BCUT2D eigenvalue weighted by Crippen LogP contribution is 2.22. The summed E-state index contributed by atoms with van der Waals surface area (Å²) in [6.07, 6.45) is 1.84. The molecule has 3 heteroatoms. The van der Waals surface area contributed by atoms with Crippen molar-refractivity contribution >= 4 is 16.9 Å². The number of carbonyl (C=O) groups is 1. The van der Waals surface area contributed by atoms with Gasteiger partial charge in [0.15, 0.2) is 5.76 Å². The third-order valence-corrected chi connectivity index (χ3v) is 4.05. The topological polar surface area (TPSA) is 42.2 Å². The standard InChI is InChI=1S/C20H21NO2/c1-14-7-6-10-17-13-18(23-19(14)17)20(22)21-15(2)11-12-16-8-4-3-5-9-16/h3-10,13,15H,11-12H2,1-2H3,(H,21,22)/t15-/m1/s1. The minimum Gasteiger partial charge on any atom is -0.451 e. The van der Waals surface area contributed by atoms with E-state index in [0.29, 0.717) is 5.76 Å². The molecule has 0 spiro atoms. The van der Waals surface area contributed by atoms with Crippen molar-refractivity contribution in [1.82, 2.24) is 5.32 Å². The lowest BCUT2D eigenvalue weighted by molar-refractivity contribution is 0.0912. The Hall–Kier alpha value is -2.55. The maximum absolute atomic E-state index is 12.3. The normalized spacial score (nSPS) is 12.3. The lowest BCUT2D eigenvalue weighted by Gasteiger charge is -2.12. The Kier molecular flexibility index (Phi) is 4.47. The number of para-hydroxylation sites is 1. The maximum atomic E-state index is 12.3. The zero-order chi connectivity index (χ0) is 16.2. The molecule has 1 N–H and O–H groups in total. The van der Waals surface area contributed by atoms with Gasteiger partial charge < -0.3 is 9.73 Å². The first kappa shape index (κ1) is 15.3.